The third-order valence-corrected chi connectivity index (χ3v) is 6.82. The number of carbonyl (C=O) groups is 2. The van der Waals surface area contributed by atoms with E-state index in [0.717, 1.165) is 12.1 Å². The van der Waals surface area contributed by atoms with Crippen molar-refractivity contribution in [1.82, 2.24) is 19.9 Å². The van der Waals surface area contributed by atoms with E-state index in [1.165, 1.54) is 29.0 Å². The number of rotatable bonds is 6. The molecule has 3 aromatic carbocycles. The Bertz CT molecular complexity index is 1860. The number of aromatic nitrogens is 3. The lowest BCUT2D eigenvalue weighted by molar-refractivity contribution is -0.0500. The van der Waals surface area contributed by atoms with Gasteiger partial charge in [0.05, 0.1) is 6.04 Å². The predicted octanol–water partition coefficient (Wildman–Crippen LogP) is 6.01. The SMILES string of the molecule is O=C(Nc1cc(-c2ccc3ncnn3c2)cc2c1[C@@H](c1cc(F)ccc1Cl)NC2=O)c1cc(F)cc(OC(F)F)c1. The van der Waals surface area contributed by atoms with Gasteiger partial charge in [-0.1, -0.05) is 11.6 Å². The molecule has 1 aliphatic heterocycles. The second-order valence-corrected chi connectivity index (χ2v) is 9.45. The van der Waals surface area contributed by atoms with Crippen LogP contribution in [-0.2, 0) is 0 Å². The van der Waals surface area contributed by atoms with Crippen LogP contribution in [-0.4, -0.2) is 33.0 Å². The van der Waals surface area contributed by atoms with Crippen LogP contribution in [0.15, 0.2) is 73.2 Å². The fraction of sp³-hybridized carbons (Fsp3) is 0.0714. The maximum absolute atomic E-state index is 14.2. The summed E-state index contributed by atoms with van der Waals surface area (Å²) in [4.78, 5) is 30.6. The molecule has 8 nitrogen and oxygen atoms in total. The summed E-state index contributed by atoms with van der Waals surface area (Å²) in [6.07, 6.45) is 3.04. The lowest BCUT2D eigenvalue weighted by atomic mass is 9.93. The molecule has 0 fully saturated rings. The zero-order valence-corrected chi connectivity index (χ0v) is 21.3. The largest absolute Gasteiger partial charge is 0.435 e. The van der Waals surface area contributed by atoms with Gasteiger partial charge in [0.2, 0.25) is 0 Å². The molecule has 2 aromatic heterocycles. The zero-order valence-electron chi connectivity index (χ0n) is 20.5. The van der Waals surface area contributed by atoms with Crippen LogP contribution in [0.2, 0.25) is 5.02 Å². The van der Waals surface area contributed by atoms with Crippen molar-refractivity contribution in [3.63, 3.8) is 0 Å². The minimum absolute atomic E-state index is 0.116. The molecule has 1 aliphatic rings. The van der Waals surface area contributed by atoms with Crippen molar-refractivity contribution < 1.29 is 31.9 Å². The third-order valence-electron chi connectivity index (χ3n) is 6.47. The minimum Gasteiger partial charge on any atom is -0.435 e. The molecule has 0 unspecified atom stereocenters. The van der Waals surface area contributed by atoms with Crippen LogP contribution in [0.1, 0.15) is 37.9 Å². The van der Waals surface area contributed by atoms with Crippen LogP contribution < -0.4 is 15.4 Å². The lowest BCUT2D eigenvalue weighted by Gasteiger charge is -2.19. The smallest absolute Gasteiger partial charge is 0.387 e. The number of pyridine rings is 1. The van der Waals surface area contributed by atoms with Gasteiger partial charge in [-0.2, -0.15) is 13.9 Å². The molecule has 0 radical (unpaired) electrons. The molecular weight excluding hydrogens is 566 g/mol. The molecular formula is C28H16ClF4N5O3. The Hall–Kier alpha value is -4.97. The Labute approximate surface area is 233 Å². The van der Waals surface area contributed by atoms with E-state index in [1.54, 1.807) is 30.5 Å². The normalized spacial score (nSPS) is 14.3. The number of halogens is 5. The van der Waals surface area contributed by atoms with Crippen molar-refractivity contribution in [2.45, 2.75) is 12.7 Å². The topological polar surface area (TPSA) is 97.6 Å². The molecule has 13 heteroatoms. The summed E-state index contributed by atoms with van der Waals surface area (Å²) in [7, 11) is 0. The summed E-state index contributed by atoms with van der Waals surface area (Å²) in [5.41, 5.74) is 2.18. The molecule has 0 bridgehead atoms. The van der Waals surface area contributed by atoms with Gasteiger partial charge in [-0.15, -0.1) is 0 Å². The molecule has 5 aromatic rings. The van der Waals surface area contributed by atoms with E-state index in [9.17, 15) is 27.2 Å². The minimum atomic E-state index is -3.23. The highest BCUT2D eigenvalue weighted by Crippen LogP contribution is 2.42. The third kappa shape index (κ3) is 5.05. The maximum atomic E-state index is 14.2. The van der Waals surface area contributed by atoms with Crippen molar-refractivity contribution in [1.29, 1.82) is 0 Å². The molecule has 206 valence electrons. The number of benzene rings is 3. The van der Waals surface area contributed by atoms with Gasteiger partial charge in [0.25, 0.3) is 11.8 Å². The van der Waals surface area contributed by atoms with E-state index >= 15 is 0 Å². The lowest BCUT2D eigenvalue weighted by Crippen LogP contribution is -2.21. The van der Waals surface area contributed by atoms with Crippen molar-refractivity contribution in [2.24, 2.45) is 0 Å². The summed E-state index contributed by atoms with van der Waals surface area (Å²) in [6.45, 7) is -3.23. The molecule has 0 aliphatic carbocycles. The highest BCUT2D eigenvalue weighted by molar-refractivity contribution is 6.31. The Morgan fingerprint density at radius 2 is 1.85 bits per heavy atom. The van der Waals surface area contributed by atoms with Gasteiger partial charge in [0.1, 0.15) is 23.7 Å². The number of amides is 2. The second-order valence-electron chi connectivity index (χ2n) is 9.05. The quantitative estimate of drug-likeness (QED) is 0.239. The summed E-state index contributed by atoms with van der Waals surface area (Å²) >= 11 is 6.35. The fourth-order valence-corrected chi connectivity index (χ4v) is 4.95. The second kappa shape index (κ2) is 10.2. The maximum Gasteiger partial charge on any atom is 0.387 e. The first-order valence-corrected chi connectivity index (χ1v) is 12.3. The fourth-order valence-electron chi connectivity index (χ4n) is 4.72. The first-order chi connectivity index (χ1) is 19.7. The van der Waals surface area contributed by atoms with Gasteiger partial charge in [0, 0.05) is 50.8 Å². The average Bonchev–Trinajstić information content (AvgIpc) is 3.53. The molecule has 0 spiro atoms. The first kappa shape index (κ1) is 26.3. The number of anilines is 1. The molecule has 2 N–H and O–H groups in total. The number of hydrogen-bond acceptors (Lipinski definition) is 5. The number of nitrogens with one attached hydrogen (secondary N) is 2. The molecule has 41 heavy (non-hydrogen) atoms. The van der Waals surface area contributed by atoms with Gasteiger partial charge in [-0.05, 0) is 60.2 Å². The Morgan fingerprint density at radius 1 is 1.02 bits per heavy atom. The summed E-state index contributed by atoms with van der Waals surface area (Å²) in [5.74, 6) is -3.51. The van der Waals surface area contributed by atoms with Crippen molar-refractivity contribution in [3.8, 4) is 16.9 Å². The number of alkyl halides is 2. The molecule has 6 rings (SSSR count). The predicted molar refractivity (Wildman–Crippen MR) is 140 cm³/mol. The number of ether oxygens (including phenoxy) is 1. The highest BCUT2D eigenvalue weighted by atomic mass is 35.5. The Morgan fingerprint density at radius 3 is 2.66 bits per heavy atom. The van der Waals surface area contributed by atoms with Gasteiger partial charge in [-0.25, -0.2) is 18.3 Å². The van der Waals surface area contributed by atoms with E-state index in [-0.39, 0.29) is 33.0 Å². The Balaban J connectivity index is 1.49. The summed E-state index contributed by atoms with van der Waals surface area (Å²) < 4.78 is 59.6. The number of nitrogens with zero attached hydrogens (tertiary/aromatic N) is 3. The van der Waals surface area contributed by atoms with E-state index in [2.05, 4.69) is 25.5 Å². The zero-order chi connectivity index (χ0) is 28.8. The van der Waals surface area contributed by atoms with Crippen LogP contribution >= 0.6 is 11.6 Å². The highest BCUT2D eigenvalue weighted by Gasteiger charge is 2.35. The van der Waals surface area contributed by atoms with Gasteiger partial charge in [-0.3, -0.25) is 9.59 Å². The molecule has 2 amide bonds. The van der Waals surface area contributed by atoms with E-state index < -0.39 is 41.9 Å². The molecule has 0 saturated carbocycles. The van der Waals surface area contributed by atoms with Crippen LogP contribution in [0.4, 0.5) is 23.2 Å². The summed E-state index contributed by atoms with van der Waals surface area (Å²) in [5, 5.41) is 9.70. The number of fused-ring (bicyclic) bond motifs is 2. The Kier molecular flexibility index (Phi) is 6.54. The van der Waals surface area contributed by atoms with Gasteiger partial charge >= 0.3 is 6.61 Å². The number of carbonyl (C=O) groups excluding carboxylic acids is 2. The van der Waals surface area contributed by atoms with E-state index in [1.807, 2.05) is 0 Å². The van der Waals surface area contributed by atoms with Crippen LogP contribution in [0.25, 0.3) is 16.8 Å². The van der Waals surface area contributed by atoms with Crippen molar-refractivity contribution >= 4 is 34.7 Å². The molecule has 3 heterocycles. The first-order valence-electron chi connectivity index (χ1n) is 12.0. The van der Waals surface area contributed by atoms with Gasteiger partial charge in [0.15, 0.2) is 5.65 Å². The monoisotopic (exact) mass is 581 g/mol. The molecule has 0 saturated heterocycles. The standard InChI is InChI=1S/C28H16ClF4N5O3/c29-21-3-2-16(30)10-19(21)25-24-20(27(40)37-25)7-14(13-1-4-23-34-12-35-38(23)11-13)8-22(24)36-26(39)15-5-17(31)9-18(6-15)41-28(32)33/h1-12,25,28H,(H,36,39)(H,37,40)/t25-/m1/s1. The van der Waals surface area contributed by atoms with Gasteiger partial charge < -0.3 is 15.4 Å². The van der Waals surface area contributed by atoms with Crippen molar-refractivity contribution in [3.05, 3.63) is 112 Å². The van der Waals surface area contributed by atoms with Crippen molar-refractivity contribution in [2.75, 3.05) is 5.32 Å². The van der Waals surface area contributed by atoms with Crippen LogP contribution in [0.3, 0.4) is 0 Å². The number of hydrogen-bond donors (Lipinski definition) is 2. The molecule has 1 atom stereocenters. The van der Waals surface area contributed by atoms with Crippen LogP contribution in [0, 0.1) is 11.6 Å². The summed E-state index contributed by atoms with van der Waals surface area (Å²) in [6, 6.07) is 11.9. The van der Waals surface area contributed by atoms with E-state index in [4.69, 9.17) is 11.6 Å². The van der Waals surface area contributed by atoms with Crippen LogP contribution in [0.5, 0.6) is 5.75 Å². The average molecular weight is 582 g/mol. The van der Waals surface area contributed by atoms with E-state index in [0.29, 0.717) is 22.8 Å².